The molecule has 8 heteroatoms. The summed E-state index contributed by atoms with van der Waals surface area (Å²) in [6.45, 7) is 0.0531. The third-order valence-electron chi connectivity index (χ3n) is 9.92. The monoisotopic (exact) mass is 654 g/mol. The predicted molar refractivity (Wildman–Crippen MR) is 182 cm³/mol. The van der Waals surface area contributed by atoms with Crippen LogP contribution in [0.25, 0.3) is 11.1 Å². The summed E-state index contributed by atoms with van der Waals surface area (Å²) in [6, 6.07) is 40.6. The molecule has 2 aliphatic carbocycles. The zero-order valence-corrected chi connectivity index (χ0v) is 27.5. The minimum atomic E-state index is -1.76. The summed E-state index contributed by atoms with van der Waals surface area (Å²) >= 11 is 0. The number of ether oxygens (including phenoxy) is 4. The summed E-state index contributed by atoms with van der Waals surface area (Å²) in [4.78, 5) is 27.8. The molecule has 0 aromatic heterocycles. The number of fused-ring (bicyclic) bond motifs is 3. The average molecular weight is 655 g/mol. The molecule has 1 saturated carbocycles. The maximum Gasteiger partial charge on any atom is 0.410 e. The first kappa shape index (κ1) is 32.0. The van der Waals surface area contributed by atoms with Crippen LogP contribution in [0.4, 0.5) is 4.79 Å². The van der Waals surface area contributed by atoms with E-state index >= 15 is 0 Å². The Morgan fingerprint density at radius 3 is 1.67 bits per heavy atom. The Morgan fingerprint density at radius 2 is 1.18 bits per heavy atom. The first-order chi connectivity index (χ1) is 23.8. The van der Waals surface area contributed by atoms with E-state index < -0.39 is 29.3 Å². The molecular weight excluding hydrogens is 618 g/mol. The van der Waals surface area contributed by atoms with Gasteiger partial charge in [0.15, 0.2) is 0 Å². The van der Waals surface area contributed by atoms with Gasteiger partial charge in [-0.1, -0.05) is 103 Å². The van der Waals surface area contributed by atoms with Gasteiger partial charge in [-0.15, -0.1) is 0 Å². The maximum atomic E-state index is 13.7. The SMILES string of the molecule is COc1ccc(C(OC2CC2(C(=O)[O-])N(C)C(=O)OCC2c3ccccc3-c3ccccc32)(c2ccccc2)c2ccc(OC)cc2)cc1. The Labute approximate surface area is 285 Å². The highest BCUT2D eigenvalue weighted by atomic mass is 16.6. The van der Waals surface area contributed by atoms with Gasteiger partial charge >= 0.3 is 6.09 Å². The van der Waals surface area contributed by atoms with Crippen LogP contribution < -0.4 is 14.6 Å². The van der Waals surface area contributed by atoms with E-state index in [2.05, 4.69) is 12.1 Å². The molecule has 5 aromatic carbocycles. The van der Waals surface area contributed by atoms with E-state index in [1.807, 2.05) is 115 Å². The molecule has 0 saturated heterocycles. The average Bonchev–Trinajstić information content (AvgIpc) is 3.80. The number of carboxylic acid groups (broad SMARTS) is 1. The van der Waals surface area contributed by atoms with Gasteiger partial charge in [-0.25, -0.2) is 4.79 Å². The molecule has 0 N–H and O–H groups in total. The molecule has 0 radical (unpaired) electrons. The van der Waals surface area contributed by atoms with Crippen LogP contribution in [0.15, 0.2) is 127 Å². The molecule has 0 aliphatic heterocycles. The lowest BCUT2D eigenvalue weighted by atomic mass is 9.80. The van der Waals surface area contributed by atoms with Crippen LogP contribution in [0.2, 0.25) is 0 Å². The van der Waals surface area contributed by atoms with Crippen LogP contribution in [-0.2, 0) is 19.9 Å². The van der Waals surface area contributed by atoms with E-state index in [1.54, 1.807) is 14.2 Å². The maximum absolute atomic E-state index is 13.7. The van der Waals surface area contributed by atoms with Crippen molar-refractivity contribution < 1.29 is 33.6 Å². The molecule has 5 aromatic rings. The van der Waals surface area contributed by atoms with Crippen LogP contribution in [-0.4, -0.2) is 56.5 Å². The molecule has 0 heterocycles. The molecular formula is C41H36NO7-. The van der Waals surface area contributed by atoms with Crippen molar-refractivity contribution in [1.82, 2.24) is 4.90 Å². The van der Waals surface area contributed by atoms with Crippen molar-refractivity contribution >= 4 is 12.1 Å². The van der Waals surface area contributed by atoms with Crippen LogP contribution in [0.5, 0.6) is 11.5 Å². The largest absolute Gasteiger partial charge is 0.547 e. The number of benzene rings is 5. The number of amides is 1. The highest BCUT2D eigenvalue weighted by molar-refractivity contribution is 5.88. The summed E-state index contributed by atoms with van der Waals surface area (Å²) in [5, 5.41) is 13.0. The zero-order valence-electron chi connectivity index (χ0n) is 27.5. The van der Waals surface area contributed by atoms with Crippen molar-refractivity contribution in [1.29, 1.82) is 0 Å². The van der Waals surface area contributed by atoms with E-state index in [-0.39, 0.29) is 18.9 Å². The van der Waals surface area contributed by atoms with Crippen molar-refractivity contribution in [2.45, 2.75) is 29.6 Å². The van der Waals surface area contributed by atoms with Gasteiger partial charge in [0.2, 0.25) is 0 Å². The third kappa shape index (κ3) is 5.38. The van der Waals surface area contributed by atoms with Gasteiger partial charge in [0.25, 0.3) is 0 Å². The fourth-order valence-electron chi connectivity index (χ4n) is 7.16. The number of aliphatic carboxylic acids is 1. The quantitative estimate of drug-likeness (QED) is 0.158. The fraction of sp³-hybridized carbons (Fsp3) is 0.220. The summed E-state index contributed by atoms with van der Waals surface area (Å²) in [7, 11) is 4.62. The van der Waals surface area contributed by atoms with E-state index in [0.717, 1.165) is 43.8 Å². The Balaban J connectivity index is 1.21. The van der Waals surface area contributed by atoms with Gasteiger partial charge in [0.1, 0.15) is 29.2 Å². The minimum absolute atomic E-state index is 0.0108. The van der Waals surface area contributed by atoms with E-state index in [1.165, 1.54) is 7.05 Å². The Bertz CT molecular complexity index is 1880. The van der Waals surface area contributed by atoms with Gasteiger partial charge in [-0.2, -0.15) is 0 Å². The van der Waals surface area contributed by atoms with Crippen molar-refractivity contribution in [2.24, 2.45) is 0 Å². The number of nitrogens with zero attached hydrogens (tertiary/aromatic N) is 1. The van der Waals surface area contributed by atoms with Crippen molar-refractivity contribution in [2.75, 3.05) is 27.9 Å². The molecule has 0 spiro atoms. The van der Waals surface area contributed by atoms with Gasteiger partial charge < -0.3 is 28.8 Å². The van der Waals surface area contributed by atoms with Crippen LogP contribution in [0, 0.1) is 0 Å². The highest BCUT2D eigenvalue weighted by Crippen LogP contribution is 2.52. The normalized spacial score (nSPS) is 17.8. The van der Waals surface area contributed by atoms with Gasteiger partial charge in [-0.05, 0) is 63.2 Å². The van der Waals surface area contributed by atoms with Gasteiger partial charge in [-0.3, -0.25) is 4.90 Å². The number of hydrogen-bond acceptors (Lipinski definition) is 7. The lowest BCUT2D eigenvalue weighted by Gasteiger charge is -2.38. The molecule has 0 bridgehead atoms. The Morgan fingerprint density at radius 1 is 0.714 bits per heavy atom. The number of hydrogen-bond donors (Lipinski definition) is 0. The lowest BCUT2D eigenvalue weighted by Crippen LogP contribution is -2.54. The Hall–Kier alpha value is -5.60. The third-order valence-corrected chi connectivity index (χ3v) is 9.92. The second-order valence-electron chi connectivity index (χ2n) is 12.4. The molecule has 7 rings (SSSR count). The predicted octanol–water partition coefficient (Wildman–Crippen LogP) is 6.15. The highest BCUT2D eigenvalue weighted by Gasteiger charge is 2.64. The summed E-state index contributed by atoms with van der Waals surface area (Å²) in [5.41, 5.74) is 3.55. The first-order valence-electron chi connectivity index (χ1n) is 16.2. The van der Waals surface area contributed by atoms with Crippen LogP contribution in [0.3, 0.4) is 0 Å². The number of carbonyl (C=O) groups excluding carboxylic acids is 2. The number of likely N-dealkylation sites (N-methyl/N-ethyl adjacent to an activating group) is 1. The number of methoxy groups -OCH3 is 2. The minimum Gasteiger partial charge on any atom is -0.547 e. The Kier molecular flexibility index (Phi) is 8.34. The molecule has 2 atom stereocenters. The molecule has 8 nitrogen and oxygen atoms in total. The van der Waals surface area contributed by atoms with Gasteiger partial charge in [0.05, 0.1) is 26.3 Å². The van der Waals surface area contributed by atoms with E-state index in [4.69, 9.17) is 18.9 Å². The standard InChI is InChI=1S/C41H37NO7/c1-42(39(45)48-26-36-34-15-9-7-13-32(34)33-14-8-10-16-35(33)36)40(38(43)44)25-37(40)49-41(27-11-5-4-6-12-27,28-17-21-30(46-2)22-18-28)29-19-23-31(47-3)24-20-29/h4-24,36-37H,25-26H2,1-3H3,(H,43,44)/p-1. The summed E-state index contributed by atoms with van der Waals surface area (Å²) in [6.07, 6.45) is -1.69. The second-order valence-corrected chi connectivity index (χ2v) is 12.4. The van der Waals surface area contributed by atoms with Crippen molar-refractivity contribution in [3.05, 3.63) is 155 Å². The molecule has 248 valence electrons. The number of carbonyl (C=O) groups is 2. The fourth-order valence-corrected chi connectivity index (χ4v) is 7.16. The summed E-state index contributed by atoms with van der Waals surface area (Å²) < 4.78 is 23.8. The number of carboxylic acids is 1. The van der Waals surface area contributed by atoms with Crippen LogP contribution >= 0.6 is 0 Å². The zero-order chi connectivity index (χ0) is 34.2. The van der Waals surface area contributed by atoms with Crippen molar-refractivity contribution in [3.63, 3.8) is 0 Å². The second kappa shape index (κ2) is 12.8. The molecule has 2 aliphatic rings. The molecule has 1 amide bonds. The van der Waals surface area contributed by atoms with Gasteiger partial charge in [0, 0.05) is 19.4 Å². The van der Waals surface area contributed by atoms with Crippen molar-refractivity contribution in [3.8, 4) is 22.6 Å². The number of rotatable bonds is 11. The molecule has 2 unspecified atom stereocenters. The lowest BCUT2D eigenvalue weighted by molar-refractivity contribution is -0.314. The molecule has 1 fully saturated rings. The van der Waals surface area contributed by atoms with E-state index in [0.29, 0.717) is 11.5 Å². The first-order valence-corrected chi connectivity index (χ1v) is 16.2. The topological polar surface area (TPSA) is 97.4 Å². The smallest absolute Gasteiger partial charge is 0.410 e. The molecule has 49 heavy (non-hydrogen) atoms. The summed E-state index contributed by atoms with van der Waals surface area (Å²) in [5.74, 6) is -0.275. The van der Waals surface area contributed by atoms with Crippen LogP contribution in [0.1, 0.15) is 40.2 Å². The van der Waals surface area contributed by atoms with E-state index in [9.17, 15) is 14.7 Å².